The summed E-state index contributed by atoms with van der Waals surface area (Å²) in [6.07, 6.45) is 2.55. The summed E-state index contributed by atoms with van der Waals surface area (Å²) in [5, 5.41) is 11.6. The van der Waals surface area contributed by atoms with Gasteiger partial charge in [0.2, 0.25) is 11.8 Å². The summed E-state index contributed by atoms with van der Waals surface area (Å²) < 4.78 is 5.64. The number of hydrogen-bond donors (Lipinski definition) is 2. The van der Waals surface area contributed by atoms with Gasteiger partial charge in [0.05, 0.1) is 11.3 Å². The van der Waals surface area contributed by atoms with Gasteiger partial charge in [0.15, 0.2) is 0 Å². The third-order valence-electron chi connectivity index (χ3n) is 3.19. The van der Waals surface area contributed by atoms with Crippen molar-refractivity contribution in [3.63, 3.8) is 0 Å². The highest BCUT2D eigenvalue weighted by atomic mass is 16.5. The number of pyridine rings is 1. The number of aryl methyl sites for hydroxylation is 1. The summed E-state index contributed by atoms with van der Waals surface area (Å²) in [6.45, 7) is 0. The van der Waals surface area contributed by atoms with Crippen molar-refractivity contribution >= 4 is 17.3 Å². The molecule has 6 heteroatoms. The summed E-state index contributed by atoms with van der Waals surface area (Å²) in [5.41, 5.74) is 8.31. The number of fused-ring (bicyclic) bond motifs is 1. The van der Waals surface area contributed by atoms with Crippen LogP contribution in [0.3, 0.4) is 0 Å². The van der Waals surface area contributed by atoms with Gasteiger partial charge in [0.25, 0.3) is 0 Å². The van der Waals surface area contributed by atoms with Crippen LogP contribution < -0.4 is 15.8 Å². The number of hydrogen-bond acceptors (Lipinski definition) is 5. The van der Waals surface area contributed by atoms with E-state index in [-0.39, 0.29) is 11.8 Å². The van der Waals surface area contributed by atoms with Gasteiger partial charge in [-0.2, -0.15) is 5.26 Å². The van der Waals surface area contributed by atoms with Crippen molar-refractivity contribution < 1.29 is 9.53 Å². The number of ether oxygens (including phenoxy) is 1. The Hall–Kier alpha value is -3.07. The van der Waals surface area contributed by atoms with E-state index in [1.54, 1.807) is 12.1 Å². The largest absolute Gasteiger partial charge is 0.437 e. The average molecular weight is 280 g/mol. The molecule has 1 aromatic heterocycles. The Morgan fingerprint density at radius 1 is 1.33 bits per heavy atom. The van der Waals surface area contributed by atoms with Gasteiger partial charge < -0.3 is 15.8 Å². The summed E-state index contributed by atoms with van der Waals surface area (Å²) in [7, 11) is 0. The zero-order valence-electron chi connectivity index (χ0n) is 11.1. The van der Waals surface area contributed by atoms with Crippen molar-refractivity contribution in [2.45, 2.75) is 12.8 Å². The van der Waals surface area contributed by atoms with Gasteiger partial charge in [0, 0.05) is 18.3 Å². The quantitative estimate of drug-likeness (QED) is 0.878. The molecule has 104 valence electrons. The van der Waals surface area contributed by atoms with Crippen LogP contribution in [0.1, 0.15) is 17.5 Å². The van der Waals surface area contributed by atoms with E-state index in [2.05, 4.69) is 10.3 Å². The normalized spacial score (nSPS) is 13.0. The van der Waals surface area contributed by atoms with Gasteiger partial charge in [-0.3, -0.25) is 4.79 Å². The van der Waals surface area contributed by atoms with Crippen molar-refractivity contribution in [2.24, 2.45) is 0 Å². The molecule has 0 bridgehead atoms. The Morgan fingerprint density at radius 3 is 2.95 bits per heavy atom. The van der Waals surface area contributed by atoms with Crippen molar-refractivity contribution in [1.29, 1.82) is 5.26 Å². The van der Waals surface area contributed by atoms with Crippen molar-refractivity contribution in [2.75, 3.05) is 11.1 Å². The van der Waals surface area contributed by atoms with E-state index in [4.69, 9.17) is 15.7 Å². The number of anilines is 2. The van der Waals surface area contributed by atoms with Gasteiger partial charge in [-0.25, -0.2) is 4.98 Å². The number of carbonyl (C=O) groups excluding carboxylic acids is 1. The summed E-state index contributed by atoms with van der Waals surface area (Å²) >= 11 is 0. The molecule has 0 radical (unpaired) electrons. The highest BCUT2D eigenvalue weighted by Gasteiger charge is 2.15. The molecule has 21 heavy (non-hydrogen) atoms. The number of nitrogens with two attached hydrogens (primary N) is 1. The summed E-state index contributed by atoms with van der Waals surface area (Å²) in [5.74, 6) is 0.872. The zero-order valence-corrected chi connectivity index (χ0v) is 11.1. The molecular weight excluding hydrogens is 268 g/mol. The molecule has 3 N–H and O–H groups in total. The zero-order chi connectivity index (χ0) is 14.8. The predicted molar refractivity (Wildman–Crippen MR) is 76.8 cm³/mol. The topological polar surface area (TPSA) is 101 Å². The van der Waals surface area contributed by atoms with Crippen LogP contribution in [-0.4, -0.2) is 10.9 Å². The van der Waals surface area contributed by atoms with Crippen LogP contribution >= 0.6 is 0 Å². The summed E-state index contributed by atoms with van der Waals surface area (Å²) in [4.78, 5) is 15.3. The van der Waals surface area contributed by atoms with Crippen LogP contribution in [0.25, 0.3) is 0 Å². The molecule has 0 spiro atoms. The van der Waals surface area contributed by atoms with Crippen LogP contribution in [0.15, 0.2) is 30.5 Å². The molecule has 1 aliphatic rings. The van der Waals surface area contributed by atoms with Crippen LogP contribution in [-0.2, 0) is 11.2 Å². The fourth-order valence-corrected chi connectivity index (χ4v) is 2.15. The van der Waals surface area contributed by atoms with E-state index < -0.39 is 0 Å². The first-order valence-electron chi connectivity index (χ1n) is 6.42. The molecule has 3 rings (SSSR count). The van der Waals surface area contributed by atoms with E-state index >= 15 is 0 Å². The first-order chi connectivity index (χ1) is 10.2. The van der Waals surface area contributed by atoms with Crippen molar-refractivity contribution in [1.82, 2.24) is 4.98 Å². The average Bonchev–Trinajstić information content (AvgIpc) is 2.49. The molecule has 0 atom stereocenters. The predicted octanol–water partition coefficient (Wildman–Crippen LogP) is 2.21. The molecule has 0 saturated carbocycles. The lowest BCUT2D eigenvalue weighted by molar-refractivity contribution is -0.116. The number of nitrogen functional groups attached to an aromatic ring is 1. The SMILES string of the molecule is N#Cc1cnc(Oc2ccc3c(c2)CCC(=O)N3)c(N)c1. The van der Waals surface area contributed by atoms with E-state index in [1.165, 1.54) is 12.3 Å². The monoisotopic (exact) mass is 280 g/mol. The van der Waals surface area contributed by atoms with Crippen LogP contribution in [0, 0.1) is 11.3 Å². The molecule has 2 heterocycles. The van der Waals surface area contributed by atoms with Gasteiger partial charge in [0.1, 0.15) is 11.8 Å². The minimum absolute atomic E-state index is 0.0224. The van der Waals surface area contributed by atoms with Crippen molar-refractivity contribution in [3.8, 4) is 17.7 Å². The van der Waals surface area contributed by atoms with E-state index in [9.17, 15) is 4.79 Å². The highest BCUT2D eigenvalue weighted by molar-refractivity contribution is 5.94. The molecule has 1 amide bonds. The third kappa shape index (κ3) is 2.62. The standard InChI is InChI=1S/C15H12N4O2/c16-7-9-5-12(17)15(18-8-9)21-11-2-3-13-10(6-11)1-4-14(20)19-13/h2-3,5-6,8H,1,4,17H2,(H,19,20). The number of nitriles is 1. The second-order valence-electron chi connectivity index (χ2n) is 4.70. The lowest BCUT2D eigenvalue weighted by Crippen LogP contribution is -2.18. The molecule has 2 aromatic rings. The fraction of sp³-hybridized carbons (Fsp3) is 0.133. The Morgan fingerprint density at radius 2 is 2.19 bits per heavy atom. The molecule has 0 unspecified atom stereocenters. The minimum Gasteiger partial charge on any atom is -0.437 e. The Labute approximate surface area is 121 Å². The molecule has 6 nitrogen and oxygen atoms in total. The number of carbonyl (C=O) groups is 1. The Kier molecular flexibility index (Phi) is 3.16. The molecular formula is C15H12N4O2. The number of nitrogens with one attached hydrogen (secondary N) is 1. The second kappa shape index (κ2) is 5.13. The Bertz CT molecular complexity index is 765. The molecule has 0 fully saturated rings. The summed E-state index contributed by atoms with van der Waals surface area (Å²) in [6, 6.07) is 8.87. The molecule has 0 saturated heterocycles. The van der Waals surface area contributed by atoms with E-state index in [0.29, 0.717) is 29.8 Å². The van der Waals surface area contributed by atoms with Crippen molar-refractivity contribution in [3.05, 3.63) is 41.6 Å². The van der Waals surface area contributed by atoms with Crippen LogP contribution in [0.2, 0.25) is 0 Å². The van der Waals surface area contributed by atoms with Gasteiger partial charge >= 0.3 is 0 Å². The maximum Gasteiger partial charge on any atom is 0.242 e. The molecule has 1 aliphatic heterocycles. The van der Waals surface area contributed by atoms with E-state index in [1.807, 2.05) is 12.1 Å². The number of benzene rings is 1. The fourth-order valence-electron chi connectivity index (χ4n) is 2.15. The minimum atomic E-state index is 0.0224. The van der Waals surface area contributed by atoms with E-state index in [0.717, 1.165) is 11.3 Å². The highest BCUT2D eigenvalue weighted by Crippen LogP contribution is 2.30. The first kappa shape index (κ1) is 12.9. The van der Waals surface area contributed by atoms with Gasteiger partial charge in [-0.15, -0.1) is 0 Å². The molecule has 0 aliphatic carbocycles. The lowest BCUT2D eigenvalue weighted by Gasteiger charge is -2.17. The molecule has 1 aromatic carbocycles. The maximum absolute atomic E-state index is 11.3. The van der Waals surface area contributed by atoms with Gasteiger partial charge in [-0.05, 0) is 36.2 Å². The number of nitrogens with zero attached hydrogens (tertiary/aromatic N) is 2. The lowest BCUT2D eigenvalue weighted by atomic mass is 10.0. The van der Waals surface area contributed by atoms with Crippen LogP contribution in [0.5, 0.6) is 11.6 Å². The third-order valence-corrected chi connectivity index (χ3v) is 3.19. The number of amides is 1. The number of aromatic nitrogens is 1. The smallest absolute Gasteiger partial charge is 0.242 e. The second-order valence-corrected chi connectivity index (χ2v) is 4.70. The Balaban J connectivity index is 1.86. The maximum atomic E-state index is 11.3. The van der Waals surface area contributed by atoms with Gasteiger partial charge in [-0.1, -0.05) is 0 Å². The first-order valence-corrected chi connectivity index (χ1v) is 6.42. The van der Waals surface area contributed by atoms with Crippen LogP contribution in [0.4, 0.5) is 11.4 Å². The number of rotatable bonds is 2.